The summed E-state index contributed by atoms with van der Waals surface area (Å²) in [7, 11) is 0. The van der Waals surface area contributed by atoms with Crippen molar-refractivity contribution in [2.45, 2.75) is 26.2 Å². The van der Waals surface area contributed by atoms with Crippen LogP contribution in [0.2, 0.25) is 0 Å². The van der Waals surface area contributed by atoms with Crippen LogP contribution in [0.4, 0.5) is 11.5 Å². The van der Waals surface area contributed by atoms with E-state index in [1.54, 1.807) is 11.1 Å². The SMILES string of the molecule is C=CC(=O)N1CCN(c2ccc(NC(=O)Cc3ccc(C(C)C)cc3)cn2)CC1. The number of aromatic nitrogens is 1. The lowest BCUT2D eigenvalue weighted by molar-refractivity contribution is -0.126. The monoisotopic (exact) mass is 392 g/mol. The van der Waals surface area contributed by atoms with Crippen molar-refractivity contribution in [1.29, 1.82) is 0 Å². The van der Waals surface area contributed by atoms with Gasteiger partial charge in [0.15, 0.2) is 0 Å². The number of nitrogens with zero attached hydrogens (tertiary/aromatic N) is 3. The lowest BCUT2D eigenvalue weighted by atomic mass is 10.0. The van der Waals surface area contributed by atoms with Crippen LogP contribution in [-0.2, 0) is 16.0 Å². The molecule has 0 bridgehead atoms. The molecular formula is C23H28N4O2. The summed E-state index contributed by atoms with van der Waals surface area (Å²) in [5.74, 6) is 1.23. The minimum Gasteiger partial charge on any atom is -0.353 e. The number of piperazine rings is 1. The van der Waals surface area contributed by atoms with Crippen LogP contribution in [0.3, 0.4) is 0 Å². The van der Waals surface area contributed by atoms with Crippen LogP contribution < -0.4 is 10.2 Å². The van der Waals surface area contributed by atoms with E-state index in [9.17, 15) is 9.59 Å². The zero-order valence-electron chi connectivity index (χ0n) is 17.1. The molecular weight excluding hydrogens is 364 g/mol. The predicted octanol–water partition coefficient (Wildman–Crippen LogP) is 3.22. The molecule has 152 valence electrons. The van der Waals surface area contributed by atoms with E-state index in [-0.39, 0.29) is 11.8 Å². The highest BCUT2D eigenvalue weighted by Gasteiger charge is 2.20. The normalized spacial score (nSPS) is 14.0. The molecule has 29 heavy (non-hydrogen) atoms. The van der Waals surface area contributed by atoms with Crippen molar-refractivity contribution in [3.05, 3.63) is 66.4 Å². The lowest BCUT2D eigenvalue weighted by Gasteiger charge is -2.34. The molecule has 1 saturated heterocycles. The summed E-state index contributed by atoms with van der Waals surface area (Å²) >= 11 is 0. The predicted molar refractivity (Wildman–Crippen MR) is 116 cm³/mol. The average molecular weight is 393 g/mol. The number of anilines is 2. The van der Waals surface area contributed by atoms with Gasteiger partial charge in [-0.05, 0) is 35.3 Å². The number of carbonyl (C=O) groups is 2. The maximum absolute atomic E-state index is 12.3. The van der Waals surface area contributed by atoms with Gasteiger partial charge in [0, 0.05) is 26.2 Å². The molecule has 3 rings (SSSR count). The molecule has 1 aliphatic rings. The van der Waals surface area contributed by atoms with E-state index in [1.807, 2.05) is 24.3 Å². The van der Waals surface area contributed by atoms with Crippen LogP contribution in [0.15, 0.2) is 55.3 Å². The molecule has 6 heteroatoms. The van der Waals surface area contributed by atoms with Gasteiger partial charge < -0.3 is 15.1 Å². The molecule has 0 aliphatic carbocycles. The lowest BCUT2D eigenvalue weighted by Crippen LogP contribution is -2.48. The van der Waals surface area contributed by atoms with Gasteiger partial charge >= 0.3 is 0 Å². The summed E-state index contributed by atoms with van der Waals surface area (Å²) in [6.07, 6.45) is 3.36. The maximum Gasteiger partial charge on any atom is 0.246 e. The van der Waals surface area contributed by atoms with Gasteiger partial charge in [0.05, 0.1) is 18.3 Å². The first kappa shape index (κ1) is 20.6. The first-order valence-corrected chi connectivity index (χ1v) is 9.97. The molecule has 6 nitrogen and oxygen atoms in total. The van der Waals surface area contributed by atoms with E-state index >= 15 is 0 Å². The van der Waals surface area contributed by atoms with Crippen molar-refractivity contribution in [2.75, 3.05) is 36.4 Å². The van der Waals surface area contributed by atoms with Crippen LogP contribution in [0, 0.1) is 0 Å². The number of amides is 2. The Balaban J connectivity index is 1.52. The van der Waals surface area contributed by atoms with Crippen molar-refractivity contribution in [3.63, 3.8) is 0 Å². The number of carbonyl (C=O) groups excluding carboxylic acids is 2. The van der Waals surface area contributed by atoms with E-state index in [2.05, 4.69) is 47.8 Å². The van der Waals surface area contributed by atoms with Gasteiger partial charge in [-0.2, -0.15) is 0 Å². The Morgan fingerprint density at radius 2 is 1.79 bits per heavy atom. The van der Waals surface area contributed by atoms with Crippen LogP contribution in [0.5, 0.6) is 0 Å². The van der Waals surface area contributed by atoms with Crippen molar-refractivity contribution in [1.82, 2.24) is 9.88 Å². The molecule has 1 fully saturated rings. The number of hydrogen-bond acceptors (Lipinski definition) is 4. The topological polar surface area (TPSA) is 65.5 Å². The first-order chi connectivity index (χ1) is 14.0. The van der Waals surface area contributed by atoms with Crippen LogP contribution >= 0.6 is 0 Å². The Morgan fingerprint density at radius 1 is 1.10 bits per heavy atom. The highest BCUT2D eigenvalue weighted by Crippen LogP contribution is 2.18. The Bertz CT molecular complexity index is 851. The minimum absolute atomic E-state index is 0.0329. The van der Waals surface area contributed by atoms with Crippen molar-refractivity contribution < 1.29 is 9.59 Å². The summed E-state index contributed by atoms with van der Waals surface area (Å²) in [5.41, 5.74) is 2.94. The van der Waals surface area contributed by atoms with E-state index in [0.29, 0.717) is 31.1 Å². The third kappa shape index (κ3) is 5.44. The second-order valence-corrected chi connectivity index (χ2v) is 7.54. The van der Waals surface area contributed by atoms with Gasteiger partial charge in [0.1, 0.15) is 5.82 Å². The molecule has 2 amide bonds. The number of hydrogen-bond donors (Lipinski definition) is 1. The Morgan fingerprint density at radius 3 is 2.34 bits per heavy atom. The summed E-state index contributed by atoms with van der Waals surface area (Å²) in [4.78, 5) is 32.4. The standard InChI is InChI=1S/C23H28N4O2/c1-4-23(29)27-13-11-26(12-14-27)21-10-9-20(16-24-21)25-22(28)15-18-5-7-19(8-6-18)17(2)3/h4-10,16-17H,1,11-15H2,2-3H3,(H,25,28). The highest BCUT2D eigenvalue weighted by atomic mass is 16.2. The van der Waals surface area contributed by atoms with E-state index in [1.165, 1.54) is 11.6 Å². The summed E-state index contributed by atoms with van der Waals surface area (Å²) in [6.45, 7) is 10.6. The van der Waals surface area contributed by atoms with Gasteiger partial charge in [-0.3, -0.25) is 9.59 Å². The number of pyridine rings is 1. The molecule has 0 atom stereocenters. The first-order valence-electron chi connectivity index (χ1n) is 9.97. The quantitative estimate of drug-likeness (QED) is 0.767. The van der Waals surface area contributed by atoms with E-state index in [0.717, 1.165) is 24.5 Å². The Hall–Kier alpha value is -3.15. The summed E-state index contributed by atoms with van der Waals surface area (Å²) in [6, 6.07) is 11.9. The molecule has 0 unspecified atom stereocenters. The van der Waals surface area contributed by atoms with E-state index in [4.69, 9.17) is 0 Å². The van der Waals surface area contributed by atoms with Crippen LogP contribution in [-0.4, -0.2) is 47.9 Å². The molecule has 1 aromatic heterocycles. The summed E-state index contributed by atoms with van der Waals surface area (Å²) in [5, 5.41) is 2.90. The smallest absolute Gasteiger partial charge is 0.246 e. The summed E-state index contributed by atoms with van der Waals surface area (Å²) < 4.78 is 0. The largest absolute Gasteiger partial charge is 0.353 e. The molecule has 1 N–H and O–H groups in total. The fraction of sp³-hybridized carbons (Fsp3) is 0.348. The van der Waals surface area contributed by atoms with Gasteiger partial charge in [-0.1, -0.05) is 44.7 Å². The number of nitrogens with one attached hydrogen (secondary N) is 1. The molecule has 2 heterocycles. The van der Waals surface area contributed by atoms with Gasteiger partial charge in [0.2, 0.25) is 11.8 Å². The Labute approximate surface area is 172 Å². The molecule has 2 aromatic rings. The molecule has 0 radical (unpaired) electrons. The van der Waals surface area contributed by atoms with Gasteiger partial charge in [-0.25, -0.2) is 4.98 Å². The van der Waals surface area contributed by atoms with Crippen molar-refractivity contribution >= 4 is 23.3 Å². The zero-order valence-corrected chi connectivity index (χ0v) is 17.1. The Kier molecular flexibility index (Phi) is 6.65. The molecule has 1 aliphatic heterocycles. The van der Waals surface area contributed by atoms with Crippen LogP contribution in [0.25, 0.3) is 0 Å². The van der Waals surface area contributed by atoms with Gasteiger partial charge in [0.25, 0.3) is 0 Å². The second kappa shape index (κ2) is 9.37. The van der Waals surface area contributed by atoms with Crippen LogP contribution in [0.1, 0.15) is 30.9 Å². The average Bonchev–Trinajstić information content (AvgIpc) is 2.74. The van der Waals surface area contributed by atoms with E-state index < -0.39 is 0 Å². The molecule has 0 spiro atoms. The fourth-order valence-electron chi connectivity index (χ4n) is 3.34. The number of rotatable bonds is 6. The fourth-order valence-corrected chi connectivity index (χ4v) is 3.34. The third-order valence-corrected chi connectivity index (χ3v) is 5.13. The van der Waals surface area contributed by atoms with Gasteiger partial charge in [-0.15, -0.1) is 0 Å². The zero-order chi connectivity index (χ0) is 20.8. The maximum atomic E-state index is 12.3. The second-order valence-electron chi connectivity index (χ2n) is 7.54. The third-order valence-electron chi connectivity index (χ3n) is 5.13. The van der Waals surface area contributed by atoms with Crippen molar-refractivity contribution in [3.8, 4) is 0 Å². The minimum atomic E-state index is -0.0617. The molecule has 1 aromatic carbocycles. The highest BCUT2D eigenvalue weighted by molar-refractivity contribution is 5.92. The number of benzene rings is 1. The van der Waals surface area contributed by atoms with Crippen molar-refractivity contribution in [2.24, 2.45) is 0 Å². The molecule has 0 saturated carbocycles.